The van der Waals surface area contributed by atoms with E-state index in [9.17, 15) is 9.59 Å². The van der Waals surface area contributed by atoms with Crippen LogP contribution in [-0.2, 0) is 5.41 Å². The number of carbonyl (C=O) groups is 2. The van der Waals surface area contributed by atoms with E-state index in [-0.39, 0.29) is 22.7 Å². The first kappa shape index (κ1) is 29.2. The van der Waals surface area contributed by atoms with Gasteiger partial charge in [-0.2, -0.15) is 0 Å². The molecule has 0 spiro atoms. The van der Waals surface area contributed by atoms with Gasteiger partial charge in [0.1, 0.15) is 17.1 Å². The number of ether oxygens (including phenoxy) is 2. The van der Waals surface area contributed by atoms with Gasteiger partial charge < -0.3 is 9.47 Å². The maximum absolute atomic E-state index is 12.8. The maximum atomic E-state index is 12.8. The number of hydrogen-bond donors (Lipinski definition) is 0. The van der Waals surface area contributed by atoms with Crippen molar-refractivity contribution in [3.63, 3.8) is 0 Å². The van der Waals surface area contributed by atoms with Gasteiger partial charge in [0.2, 0.25) is 0 Å². The van der Waals surface area contributed by atoms with Gasteiger partial charge in [-0.1, -0.05) is 83.9 Å². The Morgan fingerprint density at radius 2 is 1.26 bits per heavy atom. The SMILES string of the molecule is CCCC(C)(C)Oc1ccc(C(C)(CCC)c2ccc(OC(=O)c3cccc(C(=O)C(C)C)c3)cc2)cc1. The van der Waals surface area contributed by atoms with Gasteiger partial charge in [0, 0.05) is 16.9 Å². The van der Waals surface area contributed by atoms with Gasteiger partial charge in [-0.25, -0.2) is 4.79 Å². The van der Waals surface area contributed by atoms with Gasteiger partial charge in [-0.3, -0.25) is 4.79 Å². The second kappa shape index (κ2) is 12.4. The van der Waals surface area contributed by atoms with E-state index >= 15 is 0 Å². The number of ketones is 1. The van der Waals surface area contributed by atoms with Crippen molar-refractivity contribution < 1.29 is 19.1 Å². The molecule has 3 aromatic rings. The molecule has 4 nitrogen and oxygen atoms in total. The molecule has 0 saturated heterocycles. The zero-order valence-electron chi connectivity index (χ0n) is 24.0. The molecule has 0 aliphatic rings. The Morgan fingerprint density at radius 1 is 0.737 bits per heavy atom. The minimum absolute atomic E-state index is 0.00322. The summed E-state index contributed by atoms with van der Waals surface area (Å²) in [6.07, 6.45) is 4.08. The van der Waals surface area contributed by atoms with Gasteiger partial charge in [-0.15, -0.1) is 0 Å². The summed E-state index contributed by atoms with van der Waals surface area (Å²) in [6, 6.07) is 22.9. The molecule has 202 valence electrons. The fraction of sp³-hybridized carbons (Fsp3) is 0.412. The van der Waals surface area contributed by atoms with E-state index in [1.165, 1.54) is 5.56 Å². The number of Topliss-reactive ketones (excluding diaryl/α,β-unsaturated/α-hetero) is 1. The smallest absolute Gasteiger partial charge is 0.343 e. The molecular weight excluding hydrogens is 472 g/mol. The van der Waals surface area contributed by atoms with Gasteiger partial charge in [0.05, 0.1) is 5.56 Å². The Hall–Kier alpha value is -3.40. The first-order chi connectivity index (χ1) is 18.0. The fourth-order valence-corrected chi connectivity index (χ4v) is 5.01. The molecule has 0 N–H and O–H groups in total. The highest BCUT2D eigenvalue weighted by Crippen LogP contribution is 2.38. The molecule has 0 radical (unpaired) electrons. The largest absolute Gasteiger partial charge is 0.488 e. The topological polar surface area (TPSA) is 52.6 Å². The van der Waals surface area contributed by atoms with Crippen molar-refractivity contribution in [3.05, 3.63) is 95.1 Å². The zero-order valence-corrected chi connectivity index (χ0v) is 24.0. The molecule has 0 amide bonds. The highest BCUT2D eigenvalue weighted by Gasteiger charge is 2.28. The number of esters is 1. The molecule has 0 heterocycles. The van der Waals surface area contributed by atoms with Gasteiger partial charge in [0.15, 0.2) is 5.78 Å². The fourth-order valence-electron chi connectivity index (χ4n) is 5.01. The average molecular weight is 515 g/mol. The van der Waals surface area contributed by atoms with Crippen LogP contribution in [0, 0.1) is 5.92 Å². The van der Waals surface area contributed by atoms with E-state index in [0.29, 0.717) is 16.9 Å². The van der Waals surface area contributed by atoms with E-state index in [4.69, 9.17) is 9.47 Å². The van der Waals surface area contributed by atoms with Crippen LogP contribution in [0.15, 0.2) is 72.8 Å². The molecule has 4 heteroatoms. The lowest BCUT2D eigenvalue weighted by Crippen LogP contribution is -2.28. The highest BCUT2D eigenvalue weighted by atomic mass is 16.5. The summed E-state index contributed by atoms with van der Waals surface area (Å²) in [7, 11) is 0. The summed E-state index contributed by atoms with van der Waals surface area (Å²) < 4.78 is 11.9. The molecule has 0 saturated carbocycles. The van der Waals surface area contributed by atoms with E-state index in [2.05, 4.69) is 58.9 Å². The van der Waals surface area contributed by atoms with Crippen molar-refractivity contribution in [1.82, 2.24) is 0 Å². The second-order valence-electron chi connectivity index (χ2n) is 11.2. The Bertz CT molecular complexity index is 1220. The molecular formula is C34H42O4. The van der Waals surface area contributed by atoms with Crippen LogP contribution in [0.1, 0.15) is 106 Å². The molecule has 38 heavy (non-hydrogen) atoms. The molecule has 3 aromatic carbocycles. The van der Waals surface area contributed by atoms with Crippen LogP contribution in [0.4, 0.5) is 0 Å². The summed E-state index contributed by atoms with van der Waals surface area (Å²) in [5.41, 5.74) is 2.87. The molecule has 0 fully saturated rings. The lowest BCUT2D eigenvalue weighted by Gasteiger charge is -2.32. The quantitative estimate of drug-likeness (QED) is 0.138. The molecule has 1 atom stereocenters. The van der Waals surface area contributed by atoms with Gasteiger partial charge in [-0.05, 0) is 74.2 Å². The lowest BCUT2D eigenvalue weighted by atomic mass is 9.73. The number of carbonyl (C=O) groups excluding carboxylic acids is 2. The normalized spacial score (nSPS) is 13.2. The Balaban J connectivity index is 1.78. The highest BCUT2D eigenvalue weighted by molar-refractivity contribution is 6.00. The molecule has 3 rings (SSSR count). The van der Waals surface area contributed by atoms with Crippen LogP contribution in [0.3, 0.4) is 0 Å². The van der Waals surface area contributed by atoms with Crippen LogP contribution >= 0.6 is 0 Å². The van der Waals surface area contributed by atoms with Crippen LogP contribution in [0.5, 0.6) is 11.5 Å². The van der Waals surface area contributed by atoms with Crippen molar-refractivity contribution in [2.24, 2.45) is 5.92 Å². The first-order valence-electron chi connectivity index (χ1n) is 13.8. The van der Waals surface area contributed by atoms with Crippen molar-refractivity contribution in [1.29, 1.82) is 0 Å². The van der Waals surface area contributed by atoms with E-state index < -0.39 is 5.97 Å². The van der Waals surface area contributed by atoms with Crippen LogP contribution in [-0.4, -0.2) is 17.4 Å². The monoisotopic (exact) mass is 514 g/mol. The van der Waals surface area contributed by atoms with Crippen molar-refractivity contribution in [2.75, 3.05) is 0 Å². The summed E-state index contributed by atoms with van der Waals surface area (Å²) in [5.74, 6) is 0.744. The molecule has 0 bridgehead atoms. The Kier molecular flexibility index (Phi) is 9.54. The van der Waals surface area contributed by atoms with Gasteiger partial charge in [0.25, 0.3) is 0 Å². The van der Waals surface area contributed by atoms with Crippen molar-refractivity contribution >= 4 is 11.8 Å². The third-order valence-corrected chi connectivity index (χ3v) is 7.10. The molecule has 0 aliphatic heterocycles. The molecule has 0 aromatic heterocycles. The maximum Gasteiger partial charge on any atom is 0.343 e. The first-order valence-corrected chi connectivity index (χ1v) is 13.8. The van der Waals surface area contributed by atoms with Crippen LogP contribution in [0.25, 0.3) is 0 Å². The van der Waals surface area contributed by atoms with Gasteiger partial charge >= 0.3 is 5.97 Å². The van der Waals surface area contributed by atoms with Crippen LogP contribution < -0.4 is 9.47 Å². The average Bonchev–Trinajstić information content (AvgIpc) is 2.88. The minimum Gasteiger partial charge on any atom is -0.488 e. The van der Waals surface area contributed by atoms with E-state index in [0.717, 1.165) is 37.0 Å². The third-order valence-electron chi connectivity index (χ3n) is 7.10. The van der Waals surface area contributed by atoms with Crippen molar-refractivity contribution in [3.8, 4) is 11.5 Å². The Morgan fingerprint density at radius 3 is 1.79 bits per heavy atom. The standard InChI is InChI=1S/C34H42O4/c1-8-21-33(5,6)38-30-19-15-28(16-20-30)34(7,22-9-2)27-13-17-29(18-14-27)37-32(36)26-12-10-11-25(23-26)31(35)24(3)4/h10-20,23-24H,8-9,21-22H2,1-7H3. The van der Waals surface area contributed by atoms with E-state index in [1.807, 2.05) is 38.1 Å². The lowest BCUT2D eigenvalue weighted by molar-refractivity contribution is 0.0734. The molecule has 0 aliphatic carbocycles. The number of hydrogen-bond acceptors (Lipinski definition) is 4. The second-order valence-corrected chi connectivity index (χ2v) is 11.2. The summed E-state index contributed by atoms with van der Waals surface area (Å²) in [4.78, 5) is 25.1. The van der Waals surface area contributed by atoms with Crippen LogP contribution in [0.2, 0.25) is 0 Å². The summed E-state index contributed by atoms with van der Waals surface area (Å²) >= 11 is 0. The third kappa shape index (κ3) is 7.12. The number of rotatable bonds is 12. The predicted octanol–water partition coefficient (Wildman–Crippen LogP) is 8.81. The van der Waals surface area contributed by atoms with Crippen molar-refractivity contribution in [2.45, 2.75) is 85.2 Å². The Labute approximate surface area is 228 Å². The minimum atomic E-state index is -0.478. The summed E-state index contributed by atoms with van der Waals surface area (Å²) in [6.45, 7) is 14.6. The zero-order chi connectivity index (χ0) is 27.9. The predicted molar refractivity (Wildman–Crippen MR) is 154 cm³/mol. The summed E-state index contributed by atoms with van der Waals surface area (Å²) in [5, 5.41) is 0. The van der Waals surface area contributed by atoms with E-state index in [1.54, 1.807) is 24.3 Å². The molecule has 1 unspecified atom stereocenters. The number of benzene rings is 3.